The minimum Gasteiger partial charge on any atom is -0.460 e. The minimum atomic E-state index is -0.664. The third kappa shape index (κ3) is 1.62. The molecule has 0 aliphatic rings. The Labute approximate surface area is 118 Å². The van der Waals surface area contributed by atoms with Crippen LogP contribution >= 0.6 is 0 Å². The summed E-state index contributed by atoms with van der Waals surface area (Å²) in [7, 11) is 0. The Bertz CT molecular complexity index is 1130. The van der Waals surface area contributed by atoms with Crippen LogP contribution in [0.5, 0.6) is 0 Å². The van der Waals surface area contributed by atoms with E-state index < -0.39 is 5.63 Å². The molecule has 0 saturated heterocycles. The molecule has 0 saturated carbocycles. The molecule has 4 heteroatoms. The van der Waals surface area contributed by atoms with Gasteiger partial charge in [-0.2, -0.15) is 0 Å². The van der Waals surface area contributed by atoms with Gasteiger partial charge in [0.1, 0.15) is 11.3 Å². The van der Waals surface area contributed by atoms with Gasteiger partial charge in [-0.1, -0.05) is 30.3 Å². The van der Waals surface area contributed by atoms with Crippen LogP contribution in [-0.2, 0) is 0 Å². The van der Waals surface area contributed by atoms with Crippen LogP contribution in [0.1, 0.15) is 5.76 Å². The van der Waals surface area contributed by atoms with Gasteiger partial charge in [0.2, 0.25) is 0 Å². The van der Waals surface area contributed by atoms with E-state index in [2.05, 4.69) is 0 Å². The predicted octanol–water partition coefficient (Wildman–Crippen LogP) is 3.36. The summed E-state index contributed by atoms with van der Waals surface area (Å²) in [5, 5.41) is 2.37. The lowest BCUT2D eigenvalue weighted by Crippen LogP contribution is -2.12. The summed E-state index contributed by atoms with van der Waals surface area (Å²) in [4.78, 5) is 24.1. The van der Waals surface area contributed by atoms with Crippen LogP contribution in [0, 0.1) is 6.92 Å². The molecule has 0 amide bonds. The summed E-state index contributed by atoms with van der Waals surface area (Å²) in [5.74, 6) is 0.465. The molecule has 0 radical (unpaired) electrons. The molecule has 0 N–H and O–H groups in total. The van der Waals surface area contributed by atoms with Gasteiger partial charge >= 0.3 is 5.63 Å². The maximum Gasteiger partial charge on any atom is 0.351 e. The Morgan fingerprint density at radius 3 is 2.52 bits per heavy atom. The normalized spacial score (nSPS) is 11.5. The van der Waals surface area contributed by atoms with Gasteiger partial charge in [0.15, 0.2) is 16.4 Å². The highest BCUT2D eigenvalue weighted by Crippen LogP contribution is 2.28. The van der Waals surface area contributed by atoms with Gasteiger partial charge < -0.3 is 8.83 Å². The highest BCUT2D eigenvalue weighted by atomic mass is 16.4. The zero-order valence-electron chi connectivity index (χ0n) is 11.2. The number of benzene rings is 2. The molecule has 21 heavy (non-hydrogen) atoms. The fourth-order valence-electron chi connectivity index (χ4n) is 2.67. The van der Waals surface area contributed by atoms with Crippen LogP contribution < -0.4 is 11.1 Å². The summed E-state index contributed by atoms with van der Waals surface area (Å²) in [6.07, 6.45) is 0. The lowest BCUT2D eigenvalue weighted by atomic mass is 10.1. The average molecular weight is 278 g/mol. The molecule has 0 unspecified atom stereocenters. The van der Waals surface area contributed by atoms with E-state index in [1.54, 1.807) is 6.92 Å². The topological polar surface area (TPSA) is 60.4 Å². The van der Waals surface area contributed by atoms with E-state index in [9.17, 15) is 9.59 Å². The number of rotatable bonds is 0. The van der Waals surface area contributed by atoms with E-state index in [1.807, 2.05) is 36.4 Å². The van der Waals surface area contributed by atoms with Gasteiger partial charge in [0, 0.05) is 11.5 Å². The fourth-order valence-corrected chi connectivity index (χ4v) is 2.67. The Kier molecular flexibility index (Phi) is 2.30. The molecule has 0 atom stereocenters. The second-order valence-electron chi connectivity index (χ2n) is 4.98. The molecular weight excluding hydrogens is 268 g/mol. The Morgan fingerprint density at radius 1 is 0.857 bits per heavy atom. The Morgan fingerprint density at radius 2 is 1.67 bits per heavy atom. The highest BCUT2D eigenvalue weighted by Gasteiger charge is 2.15. The summed E-state index contributed by atoms with van der Waals surface area (Å²) < 4.78 is 11.0. The van der Waals surface area contributed by atoms with Crippen molar-refractivity contribution < 1.29 is 8.83 Å². The van der Waals surface area contributed by atoms with Gasteiger partial charge in [0.05, 0.1) is 5.39 Å². The molecule has 2 heterocycles. The molecule has 0 aliphatic heterocycles. The van der Waals surface area contributed by atoms with Crippen molar-refractivity contribution in [3.05, 3.63) is 68.9 Å². The van der Waals surface area contributed by atoms with Gasteiger partial charge in [-0.3, -0.25) is 4.79 Å². The van der Waals surface area contributed by atoms with Gasteiger partial charge in [0.25, 0.3) is 0 Å². The summed E-state index contributed by atoms with van der Waals surface area (Å²) in [6, 6.07) is 12.6. The van der Waals surface area contributed by atoms with Crippen molar-refractivity contribution in [3.8, 4) is 0 Å². The maximum absolute atomic E-state index is 12.1. The third-order valence-electron chi connectivity index (χ3n) is 3.59. The van der Waals surface area contributed by atoms with Crippen LogP contribution in [-0.4, -0.2) is 0 Å². The molecule has 0 aliphatic carbocycles. The van der Waals surface area contributed by atoms with Crippen LogP contribution in [0.25, 0.3) is 32.7 Å². The maximum atomic E-state index is 12.1. The van der Waals surface area contributed by atoms with E-state index in [0.717, 1.165) is 10.8 Å². The highest BCUT2D eigenvalue weighted by molar-refractivity contribution is 6.11. The molecule has 4 aromatic rings. The summed E-state index contributed by atoms with van der Waals surface area (Å²) in [6.45, 7) is 1.68. The second-order valence-corrected chi connectivity index (χ2v) is 4.98. The van der Waals surface area contributed by atoms with E-state index in [4.69, 9.17) is 8.83 Å². The standard InChI is InChI=1S/C17H10O4/c1-9-8-13(18)14-16(20-9)12-7-6-10-4-2-3-5-11(10)15(12)21-17(14)19/h2-8H,1H3. The van der Waals surface area contributed by atoms with Crippen molar-refractivity contribution in [2.24, 2.45) is 0 Å². The van der Waals surface area contributed by atoms with E-state index >= 15 is 0 Å². The van der Waals surface area contributed by atoms with Gasteiger partial charge in [-0.15, -0.1) is 0 Å². The first-order valence-corrected chi connectivity index (χ1v) is 6.54. The van der Waals surface area contributed by atoms with E-state index in [0.29, 0.717) is 16.7 Å². The van der Waals surface area contributed by atoms with Crippen molar-refractivity contribution >= 4 is 32.7 Å². The molecule has 0 bridgehead atoms. The first kappa shape index (κ1) is 11.9. The van der Waals surface area contributed by atoms with Crippen molar-refractivity contribution in [2.75, 3.05) is 0 Å². The third-order valence-corrected chi connectivity index (χ3v) is 3.59. The lowest BCUT2D eigenvalue weighted by molar-refractivity contribution is 0.546. The molecule has 4 nitrogen and oxygen atoms in total. The van der Waals surface area contributed by atoms with Crippen molar-refractivity contribution in [2.45, 2.75) is 6.92 Å². The van der Waals surface area contributed by atoms with Crippen LogP contribution in [0.15, 0.2) is 60.9 Å². The zero-order valence-corrected chi connectivity index (χ0v) is 11.2. The average Bonchev–Trinajstić information content (AvgIpc) is 2.46. The van der Waals surface area contributed by atoms with Crippen LogP contribution in [0.4, 0.5) is 0 Å². The van der Waals surface area contributed by atoms with E-state index in [1.165, 1.54) is 6.07 Å². The lowest BCUT2D eigenvalue weighted by Gasteiger charge is -2.05. The largest absolute Gasteiger partial charge is 0.460 e. The fraction of sp³-hybridized carbons (Fsp3) is 0.0588. The monoisotopic (exact) mass is 278 g/mol. The summed E-state index contributed by atoms with van der Waals surface area (Å²) >= 11 is 0. The number of hydrogen-bond acceptors (Lipinski definition) is 4. The molecule has 0 fully saturated rings. The molecule has 2 aromatic carbocycles. The number of aryl methyl sites for hydroxylation is 1. The number of hydrogen-bond donors (Lipinski definition) is 0. The first-order chi connectivity index (χ1) is 10.1. The number of fused-ring (bicyclic) bond motifs is 5. The molecular formula is C17H10O4. The Balaban J connectivity index is 2.39. The predicted molar refractivity (Wildman–Crippen MR) is 80.8 cm³/mol. The van der Waals surface area contributed by atoms with Gasteiger partial charge in [-0.05, 0) is 18.4 Å². The van der Waals surface area contributed by atoms with Crippen molar-refractivity contribution in [1.82, 2.24) is 0 Å². The quantitative estimate of drug-likeness (QED) is 0.365. The van der Waals surface area contributed by atoms with Crippen molar-refractivity contribution in [1.29, 1.82) is 0 Å². The molecule has 0 spiro atoms. The SMILES string of the molecule is Cc1cc(=O)c2c(=O)oc3c4ccccc4ccc3c2o1. The van der Waals surface area contributed by atoms with E-state index in [-0.39, 0.29) is 16.4 Å². The van der Waals surface area contributed by atoms with Gasteiger partial charge in [-0.25, -0.2) is 4.79 Å². The van der Waals surface area contributed by atoms with Crippen LogP contribution in [0.3, 0.4) is 0 Å². The first-order valence-electron chi connectivity index (χ1n) is 6.54. The molecule has 2 aromatic heterocycles. The van der Waals surface area contributed by atoms with Crippen molar-refractivity contribution in [3.63, 3.8) is 0 Å². The molecule has 4 rings (SSSR count). The molecule has 102 valence electrons. The second kappa shape index (κ2) is 4.06. The minimum absolute atomic E-state index is 0.0385. The summed E-state index contributed by atoms with van der Waals surface area (Å²) in [5.41, 5.74) is -0.309. The Hall–Kier alpha value is -2.88. The smallest absolute Gasteiger partial charge is 0.351 e. The zero-order chi connectivity index (χ0) is 14.6. The van der Waals surface area contributed by atoms with Crippen LogP contribution in [0.2, 0.25) is 0 Å².